The molecule has 0 N–H and O–H groups in total. The first-order chi connectivity index (χ1) is 7.01. The Balaban J connectivity index is 2.20. The van der Waals surface area contributed by atoms with Gasteiger partial charge in [0.15, 0.2) is 0 Å². The molecule has 0 radical (unpaired) electrons. The van der Waals surface area contributed by atoms with E-state index in [0.717, 1.165) is 12.4 Å². The number of hydrogen-bond acceptors (Lipinski definition) is 3. The van der Waals surface area contributed by atoms with Gasteiger partial charge in [-0.05, 0) is 18.8 Å². The SMILES string of the molecule is COc1ccn(COCCS(C)(C)C)n1. The summed E-state index contributed by atoms with van der Waals surface area (Å²) in [5.74, 6) is 1.76. The lowest BCUT2D eigenvalue weighted by Gasteiger charge is -2.24. The van der Waals surface area contributed by atoms with E-state index in [1.165, 1.54) is 0 Å². The summed E-state index contributed by atoms with van der Waals surface area (Å²) in [4.78, 5) is 0. The number of methoxy groups -OCH3 is 1. The Morgan fingerprint density at radius 3 is 2.67 bits per heavy atom. The maximum absolute atomic E-state index is 5.52. The predicted molar refractivity (Wildman–Crippen MR) is 65.0 cm³/mol. The van der Waals surface area contributed by atoms with E-state index >= 15 is 0 Å². The van der Waals surface area contributed by atoms with Crippen LogP contribution in [0.2, 0.25) is 0 Å². The van der Waals surface area contributed by atoms with Crippen LogP contribution in [0, 0.1) is 0 Å². The quantitative estimate of drug-likeness (QED) is 0.698. The molecule has 0 atom stereocenters. The summed E-state index contributed by atoms with van der Waals surface area (Å²) in [5.41, 5.74) is 0. The van der Waals surface area contributed by atoms with E-state index in [-0.39, 0.29) is 0 Å². The number of hydrogen-bond donors (Lipinski definition) is 0. The zero-order valence-electron chi connectivity index (χ0n) is 9.90. The van der Waals surface area contributed by atoms with Crippen molar-refractivity contribution in [2.75, 3.05) is 38.2 Å². The molecule has 1 heterocycles. The number of nitrogens with zero attached hydrogens (tertiary/aromatic N) is 2. The molecular formula is C10H20N2O2S. The van der Waals surface area contributed by atoms with Gasteiger partial charge in [-0.25, -0.2) is 14.7 Å². The van der Waals surface area contributed by atoms with Gasteiger partial charge in [-0.15, -0.1) is 5.10 Å². The molecular weight excluding hydrogens is 212 g/mol. The Labute approximate surface area is 92.9 Å². The Hall–Kier alpha value is -0.680. The van der Waals surface area contributed by atoms with E-state index in [1.54, 1.807) is 11.8 Å². The van der Waals surface area contributed by atoms with Gasteiger partial charge < -0.3 is 9.47 Å². The van der Waals surface area contributed by atoms with Crippen LogP contribution in [0.5, 0.6) is 5.88 Å². The van der Waals surface area contributed by atoms with Crippen LogP contribution in [0.1, 0.15) is 0 Å². The van der Waals surface area contributed by atoms with Crippen molar-refractivity contribution in [3.63, 3.8) is 0 Å². The standard InChI is InChI=1S/C10H20N2O2S/c1-13-10-5-6-12(11-10)9-14-7-8-15(2,3)4/h5-6H,7-9H2,1-4H3. The average Bonchev–Trinajstić information content (AvgIpc) is 2.59. The fourth-order valence-electron chi connectivity index (χ4n) is 0.991. The molecule has 1 aromatic rings. The lowest BCUT2D eigenvalue weighted by atomic mass is 10.7. The molecule has 1 aromatic heterocycles. The van der Waals surface area contributed by atoms with Crippen molar-refractivity contribution in [2.24, 2.45) is 0 Å². The number of aromatic nitrogens is 2. The van der Waals surface area contributed by atoms with Gasteiger partial charge in [-0.1, -0.05) is 0 Å². The molecule has 0 aliphatic carbocycles. The third-order valence-electron chi connectivity index (χ3n) is 1.89. The zero-order valence-corrected chi connectivity index (χ0v) is 10.7. The van der Waals surface area contributed by atoms with Crippen molar-refractivity contribution >= 4 is 10.0 Å². The van der Waals surface area contributed by atoms with Gasteiger partial charge in [0.1, 0.15) is 6.73 Å². The average molecular weight is 232 g/mol. The highest BCUT2D eigenvalue weighted by Gasteiger charge is 2.03. The molecule has 5 heteroatoms. The fraction of sp³-hybridized carbons (Fsp3) is 0.700. The first-order valence-electron chi connectivity index (χ1n) is 4.82. The monoisotopic (exact) mass is 232 g/mol. The minimum atomic E-state index is -0.457. The lowest BCUT2D eigenvalue weighted by Crippen LogP contribution is -2.10. The lowest BCUT2D eigenvalue weighted by molar-refractivity contribution is 0.0800. The van der Waals surface area contributed by atoms with Crippen LogP contribution in [-0.4, -0.2) is 48.0 Å². The molecule has 0 fully saturated rings. The minimum absolute atomic E-state index is 0.457. The molecule has 15 heavy (non-hydrogen) atoms. The van der Waals surface area contributed by atoms with Crippen LogP contribution in [0.4, 0.5) is 0 Å². The summed E-state index contributed by atoms with van der Waals surface area (Å²) in [6.45, 7) is 1.29. The van der Waals surface area contributed by atoms with Crippen molar-refractivity contribution in [2.45, 2.75) is 6.73 Å². The Morgan fingerprint density at radius 1 is 1.40 bits per heavy atom. The van der Waals surface area contributed by atoms with Crippen LogP contribution < -0.4 is 4.74 Å². The van der Waals surface area contributed by atoms with Crippen LogP contribution in [0.25, 0.3) is 0 Å². The molecule has 88 valence electrons. The molecule has 0 saturated heterocycles. The molecule has 0 aromatic carbocycles. The van der Waals surface area contributed by atoms with Gasteiger partial charge in [0.2, 0.25) is 5.88 Å². The second kappa shape index (κ2) is 5.42. The summed E-state index contributed by atoms with van der Waals surface area (Å²) < 4.78 is 12.2. The molecule has 0 aliphatic heterocycles. The highest BCUT2D eigenvalue weighted by atomic mass is 32.3. The fourth-order valence-corrected chi connectivity index (χ4v) is 1.61. The van der Waals surface area contributed by atoms with Gasteiger partial charge in [-0.3, -0.25) is 0 Å². The van der Waals surface area contributed by atoms with E-state index in [1.807, 2.05) is 12.3 Å². The highest BCUT2D eigenvalue weighted by molar-refractivity contribution is 8.32. The third kappa shape index (κ3) is 5.09. The van der Waals surface area contributed by atoms with Crippen molar-refractivity contribution in [3.8, 4) is 5.88 Å². The summed E-state index contributed by atoms with van der Waals surface area (Å²) in [6.07, 6.45) is 8.71. The van der Waals surface area contributed by atoms with E-state index in [2.05, 4.69) is 23.9 Å². The Bertz CT molecular complexity index is 294. The summed E-state index contributed by atoms with van der Waals surface area (Å²) >= 11 is 0. The topological polar surface area (TPSA) is 36.3 Å². The molecule has 0 amide bonds. The smallest absolute Gasteiger partial charge is 0.232 e. The predicted octanol–water partition coefficient (Wildman–Crippen LogP) is 1.56. The van der Waals surface area contributed by atoms with E-state index < -0.39 is 10.0 Å². The third-order valence-corrected chi connectivity index (χ3v) is 3.28. The van der Waals surface area contributed by atoms with Gasteiger partial charge in [0.25, 0.3) is 0 Å². The van der Waals surface area contributed by atoms with Crippen molar-refractivity contribution < 1.29 is 9.47 Å². The molecule has 0 spiro atoms. The van der Waals surface area contributed by atoms with Gasteiger partial charge in [0, 0.05) is 18.0 Å². The van der Waals surface area contributed by atoms with Crippen molar-refractivity contribution in [3.05, 3.63) is 12.3 Å². The number of rotatable bonds is 6. The second-order valence-corrected chi connectivity index (χ2v) is 8.82. The van der Waals surface area contributed by atoms with E-state index in [0.29, 0.717) is 12.6 Å². The van der Waals surface area contributed by atoms with Gasteiger partial charge >= 0.3 is 0 Å². The van der Waals surface area contributed by atoms with Crippen LogP contribution >= 0.6 is 10.0 Å². The Kier molecular flexibility index (Phi) is 4.47. The molecule has 0 saturated carbocycles. The second-order valence-electron chi connectivity index (χ2n) is 4.23. The number of ether oxygens (including phenoxy) is 2. The maximum Gasteiger partial charge on any atom is 0.232 e. The van der Waals surface area contributed by atoms with Crippen LogP contribution in [0.15, 0.2) is 12.3 Å². The van der Waals surface area contributed by atoms with E-state index in [9.17, 15) is 0 Å². The summed E-state index contributed by atoms with van der Waals surface area (Å²) in [6, 6.07) is 1.82. The molecule has 4 nitrogen and oxygen atoms in total. The largest absolute Gasteiger partial charge is 0.480 e. The Morgan fingerprint density at radius 2 is 2.13 bits per heavy atom. The van der Waals surface area contributed by atoms with Gasteiger partial charge in [-0.2, -0.15) is 0 Å². The summed E-state index contributed by atoms with van der Waals surface area (Å²) in [5, 5.41) is 4.14. The maximum atomic E-state index is 5.52. The normalized spacial score (nSPS) is 12.8. The molecule has 1 rings (SSSR count). The van der Waals surface area contributed by atoms with Gasteiger partial charge in [0.05, 0.1) is 13.7 Å². The zero-order chi connectivity index (χ0) is 11.3. The van der Waals surface area contributed by atoms with Crippen LogP contribution in [0.3, 0.4) is 0 Å². The first-order valence-corrected chi connectivity index (χ1v) is 7.85. The molecule has 0 bridgehead atoms. The molecule has 0 unspecified atom stereocenters. The van der Waals surface area contributed by atoms with E-state index in [4.69, 9.17) is 9.47 Å². The van der Waals surface area contributed by atoms with Crippen molar-refractivity contribution in [1.82, 2.24) is 9.78 Å². The summed E-state index contributed by atoms with van der Waals surface area (Å²) in [7, 11) is 1.15. The first kappa shape index (κ1) is 12.4. The minimum Gasteiger partial charge on any atom is -0.480 e. The molecule has 0 aliphatic rings. The van der Waals surface area contributed by atoms with Crippen LogP contribution in [-0.2, 0) is 11.5 Å². The van der Waals surface area contributed by atoms with Crippen molar-refractivity contribution in [1.29, 1.82) is 0 Å². The highest BCUT2D eigenvalue weighted by Crippen LogP contribution is 2.33.